The zero-order valence-corrected chi connectivity index (χ0v) is 16.9. The lowest BCUT2D eigenvalue weighted by atomic mass is 10.1. The first-order chi connectivity index (χ1) is 15.3. The van der Waals surface area contributed by atoms with Gasteiger partial charge in [0.05, 0.1) is 11.0 Å². The Bertz CT molecular complexity index is 1290. The fraction of sp³-hybridized carbons (Fsp3) is 0.0741. The highest BCUT2D eigenvalue weighted by Crippen LogP contribution is 2.29. The summed E-state index contributed by atoms with van der Waals surface area (Å²) >= 11 is 0. The molecular weight excluding hydrogens is 386 g/mol. The Hall–Kier alpha value is -4.05. The molecule has 0 saturated carbocycles. The van der Waals surface area contributed by atoms with E-state index in [0.717, 1.165) is 11.1 Å². The number of H-pyrrole nitrogens is 1. The van der Waals surface area contributed by atoms with Gasteiger partial charge in [0, 0.05) is 10.8 Å². The first-order valence-corrected chi connectivity index (χ1v) is 10.2. The van der Waals surface area contributed by atoms with Gasteiger partial charge < -0.3 is 14.5 Å². The summed E-state index contributed by atoms with van der Waals surface area (Å²) in [7, 11) is 0. The molecule has 31 heavy (non-hydrogen) atoms. The van der Waals surface area contributed by atoms with Crippen molar-refractivity contribution in [2.75, 3.05) is 0 Å². The van der Waals surface area contributed by atoms with Gasteiger partial charge in [-0.05, 0) is 35.4 Å². The number of benzene rings is 4. The second-order valence-corrected chi connectivity index (χ2v) is 7.36. The van der Waals surface area contributed by atoms with Gasteiger partial charge in [-0.15, -0.1) is 0 Å². The number of hydrogen-bond donors (Lipinski definition) is 1. The van der Waals surface area contributed by atoms with Crippen LogP contribution in [0.2, 0.25) is 0 Å². The molecule has 0 bridgehead atoms. The molecule has 1 N–H and O–H groups in total. The molecule has 152 valence electrons. The van der Waals surface area contributed by atoms with E-state index in [1.54, 1.807) is 0 Å². The van der Waals surface area contributed by atoms with E-state index < -0.39 is 0 Å². The molecule has 1 heterocycles. The second kappa shape index (κ2) is 8.36. The maximum atomic E-state index is 13.2. The summed E-state index contributed by atoms with van der Waals surface area (Å²) in [4.78, 5) is 16.6. The van der Waals surface area contributed by atoms with E-state index in [4.69, 9.17) is 9.47 Å². The maximum Gasteiger partial charge on any atom is 0.197 e. The highest BCUT2D eigenvalue weighted by Gasteiger charge is 2.13. The van der Waals surface area contributed by atoms with Crippen LogP contribution < -0.4 is 14.9 Å². The van der Waals surface area contributed by atoms with Crippen LogP contribution in [0.1, 0.15) is 11.1 Å². The van der Waals surface area contributed by atoms with Gasteiger partial charge >= 0.3 is 0 Å². The average Bonchev–Trinajstić information content (AvgIpc) is 2.83. The van der Waals surface area contributed by atoms with Crippen LogP contribution in [-0.4, -0.2) is 4.98 Å². The fourth-order valence-corrected chi connectivity index (χ4v) is 3.68. The first-order valence-electron chi connectivity index (χ1n) is 10.2. The molecule has 0 spiro atoms. The van der Waals surface area contributed by atoms with Gasteiger partial charge in [-0.1, -0.05) is 72.8 Å². The van der Waals surface area contributed by atoms with Crippen molar-refractivity contribution in [2.45, 2.75) is 13.2 Å². The highest BCUT2D eigenvalue weighted by molar-refractivity contribution is 5.97. The van der Waals surface area contributed by atoms with Gasteiger partial charge in [-0.3, -0.25) is 4.79 Å². The SMILES string of the molecule is O=c1c2cccc(OCc3ccccc3)c2[nH]c2c(OCc3ccccc3)cccc12. The molecule has 0 radical (unpaired) electrons. The lowest BCUT2D eigenvalue weighted by molar-refractivity contribution is 0.308. The van der Waals surface area contributed by atoms with Gasteiger partial charge in [0.1, 0.15) is 24.7 Å². The van der Waals surface area contributed by atoms with Crippen LogP contribution in [0.15, 0.2) is 102 Å². The third-order valence-electron chi connectivity index (χ3n) is 5.27. The maximum absolute atomic E-state index is 13.2. The number of aromatic amines is 1. The Balaban J connectivity index is 1.55. The summed E-state index contributed by atoms with van der Waals surface area (Å²) < 4.78 is 12.1. The highest BCUT2D eigenvalue weighted by atomic mass is 16.5. The van der Waals surface area contributed by atoms with Crippen molar-refractivity contribution in [3.05, 3.63) is 118 Å². The Kier molecular flexibility index (Phi) is 5.11. The fourth-order valence-electron chi connectivity index (χ4n) is 3.68. The molecule has 1 aromatic heterocycles. The molecular formula is C27H21NO3. The van der Waals surface area contributed by atoms with E-state index in [9.17, 15) is 4.79 Å². The molecule has 0 saturated heterocycles. The van der Waals surface area contributed by atoms with Crippen molar-refractivity contribution >= 4 is 21.8 Å². The predicted octanol–water partition coefficient (Wildman–Crippen LogP) is 5.84. The van der Waals surface area contributed by atoms with Gasteiger partial charge in [-0.25, -0.2) is 0 Å². The average molecular weight is 407 g/mol. The van der Waals surface area contributed by atoms with E-state index in [2.05, 4.69) is 4.98 Å². The molecule has 4 aromatic carbocycles. The summed E-state index contributed by atoms with van der Waals surface area (Å²) in [5, 5.41) is 1.19. The summed E-state index contributed by atoms with van der Waals surface area (Å²) in [6.45, 7) is 0.846. The van der Waals surface area contributed by atoms with Crippen LogP contribution in [0.25, 0.3) is 21.8 Å². The standard InChI is InChI=1S/C27H21NO3/c29-27-21-13-7-15-23(30-17-19-9-3-1-4-10-19)25(21)28-26-22(27)14-8-16-24(26)31-18-20-11-5-2-6-12-20/h1-16H,17-18H2,(H,28,29). The number of ether oxygens (including phenoxy) is 2. The predicted molar refractivity (Wildman–Crippen MR) is 124 cm³/mol. The zero-order valence-electron chi connectivity index (χ0n) is 16.9. The molecule has 5 aromatic rings. The second-order valence-electron chi connectivity index (χ2n) is 7.36. The zero-order chi connectivity index (χ0) is 21.0. The summed E-state index contributed by atoms with van der Waals surface area (Å²) in [5.74, 6) is 1.27. The molecule has 0 amide bonds. The molecule has 4 heteroatoms. The smallest absolute Gasteiger partial charge is 0.197 e. The summed E-state index contributed by atoms with van der Waals surface area (Å²) in [6.07, 6.45) is 0. The largest absolute Gasteiger partial charge is 0.487 e. The van der Waals surface area contributed by atoms with E-state index in [1.807, 2.05) is 97.1 Å². The number of para-hydroxylation sites is 2. The summed E-state index contributed by atoms with van der Waals surface area (Å²) in [6, 6.07) is 31.0. The molecule has 0 aliphatic heterocycles. The van der Waals surface area contributed by atoms with E-state index in [-0.39, 0.29) is 5.43 Å². The van der Waals surface area contributed by atoms with Crippen LogP contribution in [-0.2, 0) is 13.2 Å². The Morgan fingerprint density at radius 2 is 1.00 bits per heavy atom. The van der Waals surface area contributed by atoms with E-state index >= 15 is 0 Å². The van der Waals surface area contributed by atoms with Crippen LogP contribution in [0.4, 0.5) is 0 Å². The molecule has 4 nitrogen and oxygen atoms in total. The number of aromatic nitrogens is 1. The van der Waals surface area contributed by atoms with Gasteiger partial charge in [0.2, 0.25) is 0 Å². The first kappa shape index (κ1) is 18.9. The quantitative estimate of drug-likeness (QED) is 0.360. The normalized spacial score (nSPS) is 11.0. The van der Waals surface area contributed by atoms with Crippen molar-refractivity contribution in [3.8, 4) is 11.5 Å². The van der Waals surface area contributed by atoms with Crippen molar-refractivity contribution in [3.63, 3.8) is 0 Å². The minimum Gasteiger partial charge on any atom is -0.487 e. The van der Waals surface area contributed by atoms with Crippen molar-refractivity contribution in [1.82, 2.24) is 4.98 Å². The third-order valence-corrected chi connectivity index (χ3v) is 5.27. The Morgan fingerprint density at radius 3 is 1.45 bits per heavy atom. The third kappa shape index (κ3) is 3.88. The minimum absolute atomic E-state index is 0.0425. The van der Waals surface area contributed by atoms with Crippen molar-refractivity contribution in [2.24, 2.45) is 0 Å². The van der Waals surface area contributed by atoms with Gasteiger partial charge in [0.25, 0.3) is 0 Å². The Labute approximate surface area is 179 Å². The van der Waals surface area contributed by atoms with Gasteiger partial charge in [-0.2, -0.15) is 0 Å². The molecule has 0 aliphatic carbocycles. The summed E-state index contributed by atoms with van der Waals surface area (Å²) in [5.41, 5.74) is 3.43. The van der Waals surface area contributed by atoms with E-state index in [1.165, 1.54) is 0 Å². The molecule has 0 fully saturated rings. The number of hydrogen-bond acceptors (Lipinski definition) is 3. The van der Waals surface area contributed by atoms with Crippen molar-refractivity contribution in [1.29, 1.82) is 0 Å². The topological polar surface area (TPSA) is 51.3 Å². The molecule has 0 unspecified atom stereocenters. The van der Waals surface area contributed by atoms with Crippen LogP contribution >= 0.6 is 0 Å². The van der Waals surface area contributed by atoms with Crippen LogP contribution in [0.5, 0.6) is 11.5 Å². The van der Waals surface area contributed by atoms with E-state index in [0.29, 0.717) is 46.5 Å². The molecule has 5 rings (SSSR count). The molecule has 0 aliphatic rings. The number of pyridine rings is 1. The number of fused-ring (bicyclic) bond motifs is 2. The monoisotopic (exact) mass is 407 g/mol. The minimum atomic E-state index is -0.0425. The van der Waals surface area contributed by atoms with Crippen LogP contribution in [0, 0.1) is 0 Å². The van der Waals surface area contributed by atoms with Gasteiger partial charge in [0.15, 0.2) is 5.43 Å². The lowest BCUT2D eigenvalue weighted by Crippen LogP contribution is -2.07. The molecule has 0 atom stereocenters. The van der Waals surface area contributed by atoms with Crippen molar-refractivity contribution < 1.29 is 9.47 Å². The number of rotatable bonds is 6. The van der Waals surface area contributed by atoms with Crippen LogP contribution in [0.3, 0.4) is 0 Å². The Morgan fingerprint density at radius 1 is 0.548 bits per heavy atom. The lowest BCUT2D eigenvalue weighted by Gasteiger charge is -2.13. The number of nitrogens with one attached hydrogen (secondary N) is 1.